The first-order valence-corrected chi connectivity index (χ1v) is 5.99. The third kappa shape index (κ3) is 5.55. The summed E-state index contributed by atoms with van der Waals surface area (Å²) in [5.74, 6) is 0.895. The highest BCUT2D eigenvalue weighted by molar-refractivity contribution is 5.27. The molecule has 0 saturated heterocycles. The summed E-state index contributed by atoms with van der Waals surface area (Å²) < 4.78 is 10.8. The molecule has 0 spiro atoms. The minimum Gasteiger partial charge on any atom is -0.497 e. The molecule has 0 saturated carbocycles. The lowest BCUT2D eigenvalue weighted by molar-refractivity contribution is 0.0884. The molecule has 1 atom stereocenters. The van der Waals surface area contributed by atoms with Crippen molar-refractivity contribution in [1.29, 1.82) is 0 Å². The van der Waals surface area contributed by atoms with E-state index in [9.17, 15) is 0 Å². The van der Waals surface area contributed by atoms with Crippen LogP contribution in [0.5, 0.6) is 5.75 Å². The van der Waals surface area contributed by atoms with Gasteiger partial charge in [0.1, 0.15) is 5.75 Å². The molecule has 0 fully saturated rings. The minimum absolute atomic E-state index is 0.235. The van der Waals surface area contributed by atoms with Crippen LogP contribution in [0.2, 0.25) is 0 Å². The second-order valence-corrected chi connectivity index (χ2v) is 4.48. The highest BCUT2D eigenvalue weighted by atomic mass is 16.5. The summed E-state index contributed by atoms with van der Waals surface area (Å²) >= 11 is 0. The highest BCUT2D eigenvalue weighted by Crippen LogP contribution is 2.13. The molecule has 1 aromatic rings. The Labute approximate surface area is 104 Å². The molecule has 17 heavy (non-hydrogen) atoms. The Bertz CT molecular complexity index is 348. The maximum atomic E-state index is 5.71. The highest BCUT2D eigenvalue weighted by Gasteiger charge is 2.03. The van der Waals surface area contributed by atoms with Gasteiger partial charge in [0, 0.05) is 0 Å². The van der Waals surface area contributed by atoms with Crippen molar-refractivity contribution in [3.05, 3.63) is 41.5 Å². The summed E-state index contributed by atoms with van der Waals surface area (Å²) in [4.78, 5) is 0. The van der Waals surface area contributed by atoms with Crippen LogP contribution >= 0.6 is 0 Å². The van der Waals surface area contributed by atoms with Crippen molar-refractivity contribution in [3.63, 3.8) is 0 Å². The summed E-state index contributed by atoms with van der Waals surface area (Å²) in [7, 11) is 1.68. The summed E-state index contributed by atoms with van der Waals surface area (Å²) in [5.41, 5.74) is 2.57. The molecule has 0 aromatic heterocycles. The van der Waals surface area contributed by atoms with Gasteiger partial charge in [-0.1, -0.05) is 23.8 Å². The summed E-state index contributed by atoms with van der Waals surface area (Å²) in [5, 5.41) is 0. The van der Waals surface area contributed by atoms with Crippen LogP contribution in [-0.2, 0) is 11.2 Å². The van der Waals surface area contributed by atoms with E-state index in [1.807, 2.05) is 12.1 Å². The number of rotatable bonds is 6. The van der Waals surface area contributed by atoms with Gasteiger partial charge in [-0.25, -0.2) is 0 Å². The van der Waals surface area contributed by atoms with Crippen molar-refractivity contribution in [1.82, 2.24) is 0 Å². The number of hydrogen-bond donors (Lipinski definition) is 0. The molecular weight excluding hydrogens is 212 g/mol. The van der Waals surface area contributed by atoms with Gasteiger partial charge in [0.2, 0.25) is 0 Å². The van der Waals surface area contributed by atoms with Crippen molar-refractivity contribution in [2.75, 3.05) is 13.7 Å². The SMILES string of the molecule is COc1ccc(CC(C)OCC=C(C)C)cc1. The molecule has 0 N–H and O–H groups in total. The minimum atomic E-state index is 0.235. The molecule has 1 rings (SSSR count). The second kappa shape index (κ2) is 7.13. The Kier molecular flexibility index (Phi) is 5.78. The normalized spacial score (nSPS) is 12.0. The number of allylic oxidation sites excluding steroid dienone is 1. The second-order valence-electron chi connectivity index (χ2n) is 4.48. The van der Waals surface area contributed by atoms with Crippen LogP contribution in [0.3, 0.4) is 0 Å². The third-order valence-corrected chi connectivity index (χ3v) is 2.55. The number of methoxy groups -OCH3 is 1. The fourth-order valence-electron chi connectivity index (χ4n) is 1.53. The van der Waals surface area contributed by atoms with Crippen LogP contribution in [0.25, 0.3) is 0 Å². The maximum absolute atomic E-state index is 5.71. The average molecular weight is 234 g/mol. The van der Waals surface area contributed by atoms with Crippen LogP contribution in [0, 0.1) is 0 Å². The molecule has 0 aliphatic rings. The van der Waals surface area contributed by atoms with Gasteiger partial charge in [0.05, 0.1) is 19.8 Å². The Morgan fingerprint density at radius 3 is 2.41 bits per heavy atom. The van der Waals surface area contributed by atoms with Crippen molar-refractivity contribution < 1.29 is 9.47 Å². The van der Waals surface area contributed by atoms with E-state index in [4.69, 9.17) is 9.47 Å². The van der Waals surface area contributed by atoms with Crippen LogP contribution in [0.1, 0.15) is 26.3 Å². The van der Waals surface area contributed by atoms with Gasteiger partial charge in [-0.05, 0) is 44.9 Å². The van der Waals surface area contributed by atoms with Gasteiger partial charge in [-0.3, -0.25) is 0 Å². The summed E-state index contributed by atoms with van der Waals surface area (Å²) in [6, 6.07) is 8.13. The van der Waals surface area contributed by atoms with E-state index < -0.39 is 0 Å². The smallest absolute Gasteiger partial charge is 0.118 e. The van der Waals surface area contributed by atoms with Gasteiger partial charge in [0.25, 0.3) is 0 Å². The van der Waals surface area contributed by atoms with Crippen LogP contribution in [0.4, 0.5) is 0 Å². The van der Waals surface area contributed by atoms with Gasteiger partial charge < -0.3 is 9.47 Å². The molecule has 1 unspecified atom stereocenters. The Hall–Kier alpha value is -1.28. The van der Waals surface area contributed by atoms with E-state index in [0.717, 1.165) is 12.2 Å². The molecular formula is C15H22O2. The molecule has 0 bridgehead atoms. The van der Waals surface area contributed by atoms with Crippen LogP contribution < -0.4 is 4.74 Å². The Morgan fingerprint density at radius 2 is 1.88 bits per heavy atom. The van der Waals surface area contributed by atoms with E-state index in [2.05, 4.69) is 39.0 Å². The first kappa shape index (κ1) is 13.8. The summed E-state index contributed by atoms with van der Waals surface area (Å²) in [6.07, 6.45) is 3.27. The molecule has 1 aromatic carbocycles. The zero-order valence-electron chi connectivity index (χ0n) is 11.2. The van der Waals surface area contributed by atoms with Gasteiger partial charge in [-0.2, -0.15) is 0 Å². The van der Waals surface area contributed by atoms with Crippen molar-refractivity contribution >= 4 is 0 Å². The molecule has 0 aliphatic carbocycles. The molecule has 2 nitrogen and oxygen atoms in total. The summed E-state index contributed by atoms with van der Waals surface area (Å²) in [6.45, 7) is 6.96. The zero-order chi connectivity index (χ0) is 12.7. The topological polar surface area (TPSA) is 18.5 Å². The number of benzene rings is 1. The quantitative estimate of drug-likeness (QED) is 0.700. The predicted octanol–water partition coefficient (Wildman–Crippen LogP) is 3.61. The lowest BCUT2D eigenvalue weighted by Gasteiger charge is -2.12. The van der Waals surface area contributed by atoms with E-state index in [1.54, 1.807) is 7.11 Å². The lowest BCUT2D eigenvalue weighted by Crippen LogP contribution is -2.11. The van der Waals surface area contributed by atoms with Crippen molar-refractivity contribution in [2.45, 2.75) is 33.3 Å². The van der Waals surface area contributed by atoms with Crippen LogP contribution in [0.15, 0.2) is 35.9 Å². The number of ether oxygens (including phenoxy) is 2. The largest absolute Gasteiger partial charge is 0.497 e. The molecule has 0 radical (unpaired) electrons. The monoisotopic (exact) mass is 234 g/mol. The lowest BCUT2D eigenvalue weighted by atomic mass is 10.1. The van der Waals surface area contributed by atoms with Gasteiger partial charge in [-0.15, -0.1) is 0 Å². The van der Waals surface area contributed by atoms with E-state index in [-0.39, 0.29) is 6.10 Å². The molecule has 0 aliphatic heterocycles. The van der Waals surface area contributed by atoms with E-state index in [0.29, 0.717) is 6.61 Å². The van der Waals surface area contributed by atoms with E-state index in [1.165, 1.54) is 11.1 Å². The zero-order valence-corrected chi connectivity index (χ0v) is 11.2. The fraction of sp³-hybridized carbons (Fsp3) is 0.467. The predicted molar refractivity (Wildman–Crippen MR) is 71.5 cm³/mol. The average Bonchev–Trinajstić information content (AvgIpc) is 2.29. The molecule has 0 heterocycles. The Balaban J connectivity index is 2.39. The fourth-order valence-corrected chi connectivity index (χ4v) is 1.53. The van der Waals surface area contributed by atoms with Crippen LogP contribution in [-0.4, -0.2) is 19.8 Å². The number of hydrogen-bond acceptors (Lipinski definition) is 2. The standard InChI is InChI=1S/C15H22O2/c1-12(2)9-10-17-13(3)11-14-5-7-15(16-4)8-6-14/h5-9,13H,10-11H2,1-4H3. The third-order valence-electron chi connectivity index (χ3n) is 2.55. The first-order valence-electron chi connectivity index (χ1n) is 5.99. The van der Waals surface area contributed by atoms with Gasteiger partial charge in [0.15, 0.2) is 0 Å². The van der Waals surface area contributed by atoms with Crippen molar-refractivity contribution in [2.24, 2.45) is 0 Å². The Morgan fingerprint density at radius 1 is 1.24 bits per heavy atom. The first-order chi connectivity index (χ1) is 8.11. The van der Waals surface area contributed by atoms with E-state index >= 15 is 0 Å². The molecule has 0 amide bonds. The van der Waals surface area contributed by atoms with Crippen molar-refractivity contribution in [3.8, 4) is 5.75 Å². The molecule has 2 heteroatoms. The molecule has 94 valence electrons. The van der Waals surface area contributed by atoms with Gasteiger partial charge >= 0.3 is 0 Å². The maximum Gasteiger partial charge on any atom is 0.118 e.